The highest BCUT2D eigenvalue weighted by molar-refractivity contribution is 6.52. The zero-order valence-corrected chi connectivity index (χ0v) is 9.54. The van der Waals surface area contributed by atoms with Gasteiger partial charge in [-0.25, -0.2) is 4.39 Å². The summed E-state index contributed by atoms with van der Waals surface area (Å²) in [6, 6.07) is 4.03. The molecule has 14 heavy (non-hydrogen) atoms. The molecule has 0 saturated carbocycles. The lowest BCUT2D eigenvalue weighted by Gasteiger charge is -2.12. The van der Waals surface area contributed by atoms with Gasteiger partial charge in [-0.05, 0) is 12.1 Å². The van der Waals surface area contributed by atoms with E-state index < -0.39 is 26.1 Å². The van der Waals surface area contributed by atoms with Crippen molar-refractivity contribution in [3.8, 4) is 5.75 Å². The Balaban J connectivity index is 2.80. The van der Waals surface area contributed by atoms with Crippen molar-refractivity contribution < 1.29 is 12.6 Å². The van der Waals surface area contributed by atoms with Crippen LogP contribution >= 0.6 is 0 Å². The van der Waals surface area contributed by atoms with E-state index in [2.05, 4.69) is 0 Å². The van der Waals surface area contributed by atoms with Gasteiger partial charge >= 0.3 is 14.5 Å². The van der Waals surface area contributed by atoms with E-state index in [9.17, 15) is 8.78 Å². The smallest absolute Gasteiger partial charge is 0.546 e. The summed E-state index contributed by atoms with van der Waals surface area (Å²) in [7, 11) is 0. The van der Waals surface area contributed by atoms with E-state index in [1.165, 1.54) is 12.1 Å². The summed E-state index contributed by atoms with van der Waals surface area (Å²) in [6.07, 6.45) is 0. The highest BCUT2D eigenvalue weighted by Gasteiger charge is 2.20. The van der Waals surface area contributed by atoms with Gasteiger partial charge in [-0.2, -0.15) is 4.39 Å². The third-order valence-corrected chi connectivity index (χ3v) is 4.53. The molecule has 0 aromatic heterocycles. The van der Waals surface area contributed by atoms with Crippen LogP contribution in [0.15, 0.2) is 18.2 Å². The van der Waals surface area contributed by atoms with Crippen LogP contribution in [0.4, 0.5) is 8.78 Å². The van der Waals surface area contributed by atoms with Gasteiger partial charge in [0.25, 0.3) is 0 Å². The fraction of sp³-hybridized carbons (Fsp3) is 0.400. The summed E-state index contributed by atoms with van der Waals surface area (Å²) in [6.45, 7) is 4.02. The lowest BCUT2D eigenvalue weighted by molar-refractivity contribution is 0.453. The molecule has 0 spiro atoms. The van der Waals surface area contributed by atoms with Crippen LogP contribution in [0.5, 0.6) is 5.75 Å². The summed E-state index contributed by atoms with van der Waals surface area (Å²) in [5, 5.41) is 1.85. The van der Waals surface area contributed by atoms with Gasteiger partial charge in [-0.3, -0.25) is 0 Å². The third-order valence-electron chi connectivity index (χ3n) is 2.12. The van der Waals surface area contributed by atoms with E-state index in [0.29, 0.717) is 0 Å². The van der Waals surface area contributed by atoms with Crippen molar-refractivity contribution in [3.05, 3.63) is 29.8 Å². The Labute approximate surface area is 87.4 Å². The number of hydrogen-bond acceptors (Lipinski definition) is 1. The van der Waals surface area contributed by atoms with Gasteiger partial charge in [0.05, 0.1) is 0 Å². The number of rotatable bonds is 4. The van der Waals surface area contributed by atoms with Gasteiger partial charge in [0.1, 0.15) is 5.75 Å². The van der Waals surface area contributed by atoms with Crippen LogP contribution in [-0.4, -0.2) is 14.5 Å². The Kier molecular flexibility index (Phi) is 4.37. The molecule has 0 heterocycles. The minimum atomic E-state index is -1.37. The molecular weight excluding hydrogens is 201 g/mol. The average Bonchev–Trinajstić information content (AvgIpc) is 2.20. The van der Waals surface area contributed by atoms with Gasteiger partial charge in [-0.15, -0.1) is 0 Å². The first-order valence-electron chi connectivity index (χ1n) is 4.79. The molecule has 0 bridgehead atoms. The molecule has 0 saturated heterocycles. The Morgan fingerprint density at radius 1 is 1.21 bits per heavy atom. The summed E-state index contributed by atoms with van der Waals surface area (Å²) < 4.78 is 31.4. The van der Waals surface area contributed by atoms with Gasteiger partial charge in [0.2, 0.25) is 0 Å². The maximum atomic E-state index is 13.2. The summed E-state index contributed by atoms with van der Waals surface area (Å²) in [5.41, 5.74) is 0. The predicted octanol–water partition coefficient (Wildman–Crippen LogP) is 3.37. The van der Waals surface area contributed by atoms with Crippen LogP contribution in [0.2, 0.25) is 10.6 Å². The van der Waals surface area contributed by atoms with Crippen molar-refractivity contribution >= 4 is 14.5 Å². The van der Waals surface area contributed by atoms with Crippen LogP contribution in [0, 0.1) is 11.6 Å². The predicted molar refractivity (Wildman–Crippen MR) is 53.7 cm³/mol. The molecule has 0 unspecified atom stereocenters. The maximum Gasteiger partial charge on any atom is 0.546 e. The van der Waals surface area contributed by atoms with Crippen molar-refractivity contribution in [2.24, 2.45) is 0 Å². The lowest BCUT2D eigenvalue weighted by atomic mass is 10.3. The van der Waals surface area contributed by atoms with Crippen LogP contribution < -0.4 is 3.79 Å². The third kappa shape index (κ3) is 2.70. The molecule has 1 aromatic rings. The van der Waals surface area contributed by atoms with Crippen molar-refractivity contribution in [1.82, 2.24) is 0 Å². The largest absolute Gasteiger partial charge is 0.640 e. The van der Waals surface area contributed by atoms with E-state index in [1.807, 2.05) is 13.8 Å². The fourth-order valence-electron chi connectivity index (χ4n) is 1.21. The number of halogens is 2. The second kappa shape index (κ2) is 5.33. The van der Waals surface area contributed by atoms with E-state index in [4.69, 9.17) is 3.79 Å². The molecule has 1 nitrogen and oxygen atoms in total. The standard InChI is InChI=1S/C6H4F2O.2C2H5.Al/c7-4-2-1-3-5(9)6(4)8;2*1-2;/h1-3,9H;2*1H2,2H3;/q;;;+1/p-1. The molecule has 4 heteroatoms. The van der Waals surface area contributed by atoms with Gasteiger partial charge in [0.15, 0.2) is 11.6 Å². The molecule has 1 aromatic carbocycles. The van der Waals surface area contributed by atoms with E-state index in [0.717, 1.165) is 16.6 Å². The lowest BCUT2D eigenvalue weighted by Crippen LogP contribution is -2.19. The molecule has 1 rings (SSSR count). The molecule has 0 aliphatic rings. The first kappa shape index (κ1) is 11.5. The highest BCUT2D eigenvalue weighted by Crippen LogP contribution is 2.20. The molecule has 0 atom stereocenters. The topological polar surface area (TPSA) is 9.23 Å². The molecule has 0 N–H and O–H groups in total. The minimum Gasteiger partial charge on any atom is -0.640 e. The van der Waals surface area contributed by atoms with E-state index in [1.54, 1.807) is 0 Å². The Morgan fingerprint density at radius 3 is 2.43 bits per heavy atom. The molecule has 0 fully saturated rings. The summed E-state index contributed by atoms with van der Waals surface area (Å²) in [4.78, 5) is 0. The van der Waals surface area contributed by atoms with E-state index >= 15 is 0 Å². The maximum absolute atomic E-state index is 13.2. The minimum absolute atomic E-state index is 0.0605. The molecular formula is C10H13AlF2O. The molecule has 0 radical (unpaired) electrons. The van der Waals surface area contributed by atoms with Crippen molar-refractivity contribution in [2.75, 3.05) is 0 Å². The Morgan fingerprint density at radius 2 is 1.86 bits per heavy atom. The Bertz CT molecular complexity index is 300. The van der Waals surface area contributed by atoms with Gasteiger partial charge in [-0.1, -0.05) is 30.5 Å². The summed E-state index contributed by atoms with van der Waals surface area (Å²) in [5.74, 6) is -1.65. The second-order valence-electron chi connectivity index (χ2n) is 3.11. The fourth-order valence-corrected chi connectivity index (χ4v) is 2.66. The van der Waals surface area contributed by atoms with Crippen molar-refractivity contribution in [2.45, 2.75) is 24.4 Å². The van der Waals surface area contributed by atoms with Gasteiger partial charge in [0, 0.05) is 0 Å². The first-order valence-corrected chi connectivity index (χ1v) is 6.90. The first-order chi connectivity index (χ1) is 6.69. The number of benzene rings is 1. The van der Waals surface area contributed by atoms with Gasteiger partial charge < -0.3 is 3.79 Å². The molecule has 0 aliphatic heterocycles. The zero-order chi connectivity index (χ0) is 10.6. The molecule has 76 valence electrons. The highest BCUT2D eigenvalue weighted by atomic mass is 27.2. The number of hydrogen-bond donors (Lipinski definition) is 0. The average molecular weight is 214 g/mol. The quantitative estimate of drug-likeness (QED) is 0.698. The van der Waals surface area contributed by atoms with E-state index in [-0.39, 0.29) is 5.75 Å². The normalized spacial score (nSPS) is 10.0. The van der Waals surface area contributed by atoms with Crippen LogP contribution in [-0.2, 0) is 0 Å². The van der Waals surface area contributed by atoms with Crippen LogP contribution in [0.1, 0.15) is 13.8 Å². The van der Waals surface area contributed by atoms with Crippen molar-refractivity contribution in [1.29, 1.82) is 0 Å². The van der Waals surface area contributed by atoms with Crippen molar-refractivity contribution in [3.63, 3.8) is 0 Å². The molecule has 0 amide bonds. The molecule has 0 aliphatic carbocycles. The SMILES string of the molecule is C[CH2][Al]([CH2]C)[O]c1cccc(F)c1F. The monoisotopic (exact) mass is 214 g/mol. The Hall–Kier alpha value is -0.588. The van der Waals surface area contributed by atoms with Crippen LogP contribution in [0.3, 0.4) is 0 Å². The zero-order valence-electron chi connectivity index (χ0n) is 8.39. The summed E-state index contributed by atoms with van der Waals surface area (Å²) >= 11 is -1.37. The second-order valence-corrected chi connectivity index (χ2v) is 6.22. The van der Waals surface area contributed by atoms with Crippen LogP contribution in [0.25, 0.3) is 0 Å².